The van der Waals surface area contributed by atoms with E-state index in [1.807, 2.05) is 0 Å². The smallest absolute Gasteiger partial charge is 0.253 e. The second kappa shape index (κ2) is 3.25. The molecule has 0 fully saturated rings. The van der Waals surface area contributed by atoms with Crippen LogP contribution in [0.5, 0.6) is 0 Å². The van der Waals surface area contributed by atoms with Crippen LogP contribution in [-0.4, -0.2) is 10.9 Å². The minimum absolute atomic E-state index is 0.149. The van der Waals surface area contributed by atoms with Gasteiger partial charge < -0.3 is 5.73 Å². The Labute approximate surface area is 77.3 Å². The molecular formula is C6H3Cl2FN2O. The number of nitrogens with zero attached hydrogens (tertiary/aromatic N) is 1. The first-order chi connectivity index (χ1) is 5.54. The average Bonchev–Trinajstić information content (AvgIpc) is 1.97. The fourth-order valence-corrected chi connectivity index (χ4v) is 1.04. The number of pyridine rings is 1. The second-order valence-electron chi connectivity index (χ2n) is 1.95. The zero-order valence-corrected chi connectivity index (χ0v) is 7.16. The summed E-state index contributed by atoms with van der Waals surface area (Å²) < 4.78 is 12.9. The van der Waals surface area contributed by atoms with Crippen molar-refractivity contribution < 1.29 is 9.18 Å². The number of amides is 1. The zero-order chi connectivity index (χ0) is 9.30. The summed E-state index contributed by atoms with van der Waals surface area (Å²) in [6.45, 7) is 0. The topological polar surface area (TPSA) is 56.0 Å². The molecule has 0 aliphatic carbocycles. The van der Waals surface area contributed by atoms with Crippen molar-refractivity contribution in [1.29, 1.82) is 0 Å². The van der Waals surface area contributed by atoms with Crippen molar-refractivity contribution in [3.63, 3.8) is 0 Å². The molecule has 0 radical (unpaired) electrons. The first-order valence-electron chi connectivity index (χ1n) is 2.83. The van der Waals surface area contributed by atoms with E-state index in [1.54, 1.807) is 0 Å². The molecule has 0 bridgehead atoms. The number of primary amides is 1. The molecule has 0 saturated carbocycles. The number of hydrogen-bond acceptors (Lipinski definition) is 2. The maximum atomic E-state index is 12.9. The molecule has 0 saturated heterocycles. The van der Waals surface area contributed by atoms with Crippen LogP contribution >= 0.6 is 23.2 Å². The molecule has 0 aromatic carbocycles. The van der Waals surface area contributed by atoms with Crippen LogP contribution in [0.25, 0.3) is 0 Å². The van der Waals surface area contributed by atoms with E-state index >= 15 is 0 Å². The maximum Gasteiger partial charge on any atom is 0.253 e. The molecule has 1 amide bonds. The first kappa shape index (κ1) is 9.22. The summed E-state index contributed by atoms with van der Waals surface area (Å²) in [5.41, 5.74) is 4.40. The molecule has 1 aromatic rings. The Morgan fingerprint density at radius 2 is 2.17 bits per heavy atom. The van der Waals surface area contributed by atoms with Crippen LogP contribution in [0, 0.1) is 5.82 Å². The van der Waals surface area contributed by atoms with Crippen molar-refractivity contribution in [2.24, 2.45) is 5.73 Å². The molecule has 0 aliphatic heterocycles. The first-order valence-corrected chi connectivity index (χ1v) is 3.59. The van der Waals surface area contributed by atoms with Crippen LogP contribution in [0.15, 0.2) is 6.20 Å². The number of aromatic nitrogens is 1. The van der Waals surface area contributed by atoms with E-state index in [9.17, 15) is 9.18 Å². The van der Waals surface area contributed by atoms with Gasteiger partial charge in [0.1, 0.15) is 0 Å². The highest BCUT2D eigenvalue weighted by molar-refractivity contribution is 6.35. The van der Waals surface area contributed by atoms with E-state index in [0.717, 1.165) is 6.20 Å². The number of carbonyl (C=O) groups is 1. The molecule has 3 nitrogen and oxygen atoms in total. The van der Waals surface area contributed by atoms with Gasteiger partial charge >= 0.3 is 0 Å². The number of nitrogens with two attached hydrogens (primary N) is 1. The lowest BCUT2D eigenvalue weighted by atomic mass is 10.2. The molecule has 0 atom stereocenters. The molecular weight excluding hydrogens is 206 g/mol. The van der Waals surface area contributed by atoms with Gasteiger partial charge in [-0.2, -0.15) is 0 Å². The molecule has 64 valence electrons. The van der Waals surface area contributed by atoms with Crippen LogP contribution in [0.4, 0.5) is 4.39 Å². The van der Waals surface area contributed by atoms with Crippen molar-refractivity contribution in [3.8, 4) is 0 Å². The summed E-state index contributed by atoms with van der Waals surface area (Å²) in [6, 6.07) is 0. The van der Waals surface area contributed by atoms with Crippen molar-refractivity contribution in [2.45, 2.75) is 0 Å². The zero-order valence-electron chi connectivity index (χ0n) is 5.64. The third kappa shape index (κ3) is 1.49. The number of carbonyl (C=O) groups excluding carboxylic acids is 1. The molecule has 6 heteroatoms. The van der Waals surface area contributed by atoms with Gasteiger partial charge in [0.05, 0.1) is 10.6 Å². The van der Waals surface area contributed by atoms with E-state index in [0.29, 0.717) is 0 Å². The molecule has 0 unspecified atom stereocenters. The Bertz CT molecular complexity index is 343. The lowest BCUT2D eigenvalue weighted by Gasteiger charge is -2.00. The number of rotatable bonds is 1. The molecule has 1 rings (SSSR count). The predicted octanol–water partition coefficient (Wildman–Crippen LogP) is 1.63. The molecule has 12 heavy (non-hydrogen) atoms. The molecule has 0 aliphatic rings. The van der Waals surface area contributed by atoms with Crippen LogP contribution in [0.1, 0.15) is 10.4 Å². The second-order valence-corrected chi connectivity index (χ2v) is 2.72. The lowest BCUT2D eigenvalue weighted by molar-refractivity contribution is 0.0996. The van der Waals surface area contributed by atoms with Gasteiger partial charge in [-0.15, -0.1) is 0 Å². The maximum absolute atomic E-state index is 12.9. The Hall–Kier alpha value is -0.870. The van der Waals surface area contributed by atoms with Gasteiger partial charge in [-0.1, -0.05) is 23.2 Å². The third-order valence-electron chi connectivity index (χ3n) is 1.18. The fourth-order valence-electron chi connectivity index (χ4n) is 0.668. The van der Waals surface area contributed by atoms with Gasteiger partial charge in [0.15, 0.2) is 11.0 Å². The van der Waals surface area contributed by atoms with Gasteiger partial charge in [-0.05, 0) is 0 Å². The van der Waals surface area contributed by atoms with Gasteiger partial charge in [0, 0.05) is 6.20 Å². The van der Waals surface area contributed by atoms with E-state index in [2.05, 4.69) is 4.98 Å². The van der Waals surface area contributed by atoms with Gasteiger partial charge in [0.2, 0.25) is 0 Å². The average molecular weight is 209 g/mol. The Morgan fingerprint density at radius 1 is 1.58 bits per heavy atom. The van der Waals surface area contributed by atoms with E-state index in [-0.39, 0.29) is 5.02 Å². The van der Waals surface area contributed by atoms with Crippen molar-refractivity contribution >= 4 is 29.1 Å². The molecule has 1 heterocycles. The summed E-state index contributed by atoms with van der Waals surface area (Å²) in [5, 5.41) is -0.572. The Morgan fingerprint density at radius 3 is 2.58 bits per heavy atom. The third-order valence-corrected chi connectivity index (χ3v) is 1.73. The van der Waals surface area contributed by atoms with Crippen LogP contribution < -0.4 is 5.73 Å². The largest absolute Gasteiger partial charge is 0.365 e. The molecule has 1 aromatic heterocycles. The lowest BCUT2D eigenvalue weighted by Crippen LogP contribution is -2.14. The summed E-state index contributed by atoms with van der Waals surface area (Å²) in [5.74, 6) is -1.96. The highest BCUT2D eigenvalue weighted by Gasteiger charge is 2.16. The predicted molar refractivity (Wildman–Crippen MR) is 42.7 cm³/mol. The fraction of sp³-hybridized carbons (Fsp3) is 0. The Kier molecular flexibility index (Phi) is 2.49. The number of hydrogen-bond donors (Lipinski definition) is 1. The van der Waals surface area contributed by atoms with Crippen molar-refractivity contribution in [3.05, 3.63) is 27.8 Å². The normalized spacial score (nSPS) is 9.92. The van der Waals surface area contributed by atoms with Crippen LogP contribution in [-0.2, 0) is 0 Å². The SMILES string of the molecule is NC(=O)c1c(Cl)cnc(Cl)c1F. The van der Waals surface area contributed by atoms with Gasteiger partial charge in [-0.25, -0.2) is 9.37 Å². The highest BCUT2D eigenvalue weighted by Crippen LogP contribution is 2.22. The van der Waals surface area contributed by atoms with E-state index < -0.39 is 22.4 Å². The van der Waals surface area contributed by atoms with Crippen LogP contribution in [0.3, 0.4) is 0 Å². The van der Waals surface area contributed by atoms with Crippen molar-refractivity contribution in [2.75, 3.05) is 0 Å². The summed E-state index contributed by atoms with van der Waals surface area (Å²) in [6.07, 6.45) is 1.06. The summed E-state index contributed by atoms with van der Waals surface area (Å²) in [4.78, 5) is 14.0. The quantitative estimate of drug-likeness (QED) is 0.714. The summed E-state index contributed by atoms with van der Waals surface area (Å²) in [7, 11) is 0. The van der Waals surface area contributed by atoms with Gasteiger partial charge in [-0.3, -0.25) is 4.79 Å². The van der Waals surface area contributed by atoms with E-state index in [1.165, 1.54) is 0 Å². The summed E-state index contributed by atoms with van der Waals surface area (Å²) >= 11 is 10.7. The van der Waals surface area contributed by atoms with Crippen LogP contribution in [0.2, 0.25) is 10.2 Å². The van der Waals surface area contributed by atoms with Crippen molar-refractivity contribution in [1.82, 2.24) is 4.98 Å². The minimum Gasteiger partial charge on any atom is -0.365 e. The van der Waals surface area contributed by atoms with Gasteiger partial charge in [0.25, 0.3) is 5.91 Å². The number of halogens is 3. The monoisotopic (exact) mass is 208 g/mol. The Balaban J connectivity index is 3.43. The minimum atomic E-state index is -0.989. The highest BCUT2D eigenvalue weighted by atomic mass is 35.5. The standard InChI is InChI=1S/C6H3Cl2FN2O/c7-2-1-11-5(8)4(9)3(2)6(10)12/h1H,(H2,10,12). The van der Waals surface area contributed by atoms with E-state index in [4.69, 9.17) is 28.9 Å². The molecule has 2 N–H and O–H groups in total. The molecule has 0 spiro atoms.